The first-order valence-corrected chi connectivity index (χ1v) is 9.12. The molecular formula is C21H19F3N4O. The van der Waals surface area contributed by atoms with Gasteiger partial charge in [0.05, 0.1) is 16.6 Å². The fraction of sp³-hybridized carbons (Fsp3) is 0.238. The number of aryl methyl sites for hydroxylation is 2. The standard InChI is InChI=1S/C21H19F3N4O/c1-11-10-14-12(2)27-18-15(19(14)29-11)17(13-6-4-3-5-7-13)28-20(26-9-8-25)16(18)21(22,23)24/h3-7,10H,8-9,25H2,1-2H3,(H,26,28). The van der Waals surface area contributed by atoms with Crippen LogP contribution in [0.15, 0.2) is 40.8 Å². The quantitative estimate of drug-likeness (QED) is 0.501. The summed E-state index contributed by atoms with van der Waals surface area (Å²) < 4.78 is 48.1. The predicted octanol–water partition coefficient (Wildman–Crippen LogP) is 5.05. The van der Waals surface area contributed by atoms with Crippen LogP contribution in [-0.4, -0.2) is 23.1 Å². The lowest BCUT2D eigenvalue weighted by atomic mass is 10.0. The highest BCUT2D eigenvalue weighted by Gasteiger charge is 2.39. The number of rotatable bonds is 4. The maximum Gasteiger partial charge on any atom is 0.422 e. The lowest BCUT2D eigenvalue weighted by Gasteiger charge is -2.18. The topological polar surface area (TPSA) is 77.0 Å². The second kappa shape index (κ2) is 7.04. The molecule has 0 atom stereocenters. The largest absolute Gasteiger partial charge is 0.461 e. The molecule has 0 amide bonds. The number of nitrogens with one attached hydrogen (secondary N) is 1. The van der Waals surface area contributed by atoms with E-state index in [9.17, 15) is 13.2 Å². The van der Waals surface area contributed by atoms with Crippen molar-refractivity contribution in [2.75, 3.05) is 18.4 Å². The van der Waals surface area contributed by atoms with Crippen molar-refractivity contribution in [3.63, 3.8) is 0 Å². The summed E-state index contributed by atoms with van der Waals surface area (Å²) in [6, 6.07) is 10.8. The van der Waals surface area contributed by atoms with Gasteiger partial charge in [-0.1, -0.05) is 30.3 Å². The van der Waals surface area contributed by atoms with Crippen LogP contribution in [0.2, 0.25) is 0 Å². The summed E-state index contributed by atoms with van der Waals surface area (Å²) in [4.78, 5) is 8.72. The van der Waals surface area contributed by atoms with E-state index in [4.69, 9.17) is 10.2 Å². The van der Waals surface area contributed by atoms with Gasteiger partial charge in [-0.25, -0.2) is 4.98 Å². The Bertz CT molecular complexity index is 1200. The van der Waals surface area contributed by atoms with Gasteiger partial charge < -0.3 is 15.5 Å². The normalized spacial score (nSPS) is 12.1. The molecule has 3 N–H and O–H groups in total. The number of fused-ring (bicyclic) bond motifs is 3. The highest BCUT2D eigenvalue weighted by molar-refractivity contribution is 6.12. The molecule has 29 heavy (non-hydrogen) atoms. The molecule has 0 fully saturated rings. The van der Waals surface area contributed by atoms with Gasteiger partial charge in [0.2, 0.25) is 0 Å². The summed E-state index contributed by atoms with van der Waals surface area (Å²) in [6.07, 6.45) is -4.66. The van der Waals surface area contributed by atoms with Crippen LogP contribution in [0.5, 0.6) is 0 Å². The molecule has 150 valence electrons. The van der Waals surface area contributed by atoms with Crippen LogP contribution in [-0.2, 0) is 6.18 Å². The Kier molecular flexibility index (Phi) is 4.66. The Morgan fingerprint density at radius 2 is 1.83 bits per heavy atom. The summed E-state index contributed by atoms with van der Waals surface area (Å²) in [6.45, 7) is 3.74. The van der Waals surface area contributed by atoms with E-state index >= 15 is 0 Å². The van der Waals surface area contributed by atoms with Gasteiger partial charge >= 0.3 is 6.18 Å². The Balaban J connectivity index is 2.22. The first-order valence-electron chi connectivity index (χ1n) is 9.12. The fourth-order valence-electron chi connectivity index (χ4n) is 3.49. The maximum absolute atomic E-state index is 14.1. The van der Waals surface area contributed by atoms with Crippen molar-refractivity contribution in [1.29, 1.82) is 0 Å². The first-order chi connectivity index (χ1) is 13.8. The van der Waals surface area contributed by atoms with Crippen molar-refractivity contribution in [1.82, 2.24) is 9.97 Å². The Morgan fingerprint density at radius 3 is 2.48 bits per heavy atom. The molecule has 0 spiro atoms. The number of halogens is 3. The van der Waals surface area contributed by atoms with Crippen LogP contribution in [0.4, 0.5) is 19.0 Å². The highest BCUT2D eigenvalue weighted by atomic mass is 19.4. The van der Waals surface area contributed by atoms with Crippen molar-refractivity contribution in [2.45, 2.75) is 20.0 Å². The van der Waals surface area contributed by atoms with Gasteiger partial charge in [0.25, 0.3) is 0 Å². The third-order valence-corrected chi connectivity index (χ3v) is 4.69. The Labute approximate surface area is 164 Å². The van der Waals surface area contributed by atoms with Crippen LogP contribution in [0.25, 0.3) is 33.1 Å². The molecule has 0 saturated carbocycles. The number of aromatic nitrogens is 2. The van der Waals surface area contributed by atoms with Gasteiger partial charge in [-0.3, -0.25) is 4.98 Å². The number of nitrogens with zero attached hydrogens (tertiary/aromatic N) is 2. The van der Waals surface area contributed by atoms with E-state index in [-0.39, 0.29) is 29.8 Å². The van der Waals surface area contributed by atoms with Gasteiger partial charge in [0.1, 0.15) is 22.7 Å². The fourth-order valence-corrected chi connectivity index (χ4v) is 3.49. The number of nitrogens with two attached hydrogens (primary N) is 1. The highest BCUT2D eigenvalue weighted by Crippen LogP contribution is 2.44. The molecule has 1 aromatic carbocycles. The SMILES string of the molecule is Cc1cc2c(C)nc3c(C(F)(F)F)c(NCCN)nc(-c4ccccc4)c3c2o1. The second-order valence-corrected chi connectivity index (χ2v) is 6.78. The van der Waals surface area contributed by atoms with Gasteiger partial charge in [0, 0.05) is 29.7 Å². The Morgan fingerprint density at radius 1 is 1.10 bits per heavy atom. The maximum atomic E-state index is 14.1. The zero-order valence-corrected chi connectivity index (χ0v) is 15.9. The minimum absolute atomic E-state index is 0.150. The lowest BCUT2D eigenvalue weighted by molar-refractivity contribution is -0.136. The van der Waals surface area contributed by atoms with Crippen molar-refractivity contribution in [3.05, 3.63) is 53.4 Å². The summed E-state index contributed by atoms with van der Waals surface area (Å²) in [5.74, 6) is 0.305. The molecule has 3 aromatic heterocycles. The van der Waals surface area contributed by atoms with E-state index in [1.54, 1.807) is 44.2 Å². The zero-order chi connectivity index (χ0) is 20.8. The van der Waals surface area contributed by atoms with E-state index < -0.39 is 11.7 Å². The van der Waals surface area contributed by atoms with E-state index in [1.807, 2.05) is 6.07 Å². The summed E-state index contributed by atoms with van der Waals surface area (Å²) in [5.41, 5.74) is 6.25. The molecule has 3 heterocycles. The van der Waals surface area contributed by atoms with Crippen LogP contribution >= 0.6 is 0 Å². The minimum atomic E-state index is -4.66. The monoisotopic (exact) mass is 400 g/mol. The second-order valence-electron chi connectivity index (χ2n) is 6.78. The van der Waals surface area contributed by atoms with E-state index in [0.29, 0.717) is 33.7 Å². The molecule has 0 aliphatic carbocycles. The van der Waals surface area contributed by atoms with Gasteiger partial charge in [-0.2, -0.15) is 13.2 Å². The minimum Gasteiger partial charge on any atom is -0.461 e. The third-order valence-electron chi connectivity index (χ3n) is 4.69. The molecule has 0 radical (unpaired) electrons. The molecule has 4 rings (SSSR count). The molecule has 5 nitrogen and oxygen atoms in total. The number of pyridine rings is 2. The number of furan rings is 1. The molecule has 0 bridgehead atoms. The van der Waals surface area contributed by atoms with Gasteiger partial charge in [0.15, 0.2) is 0 Å². The number of alkyl halides is 3. The molecule has 0 aliphatic rings. The zero-order valence-electron chi connectivity index (χ0n) is 15.9. The van der Waals surface area contributed by atoms with Crippen molar-refractivity contribution in [3.8, 4) is 11.3 Å². The van der Waals surface area contributed by atoms with Crippen LogP contribution in [0, 0.1) is 13.8 Å². The average Bonchev–Trinajstić information content (AvgIpc) is 3.07. The molecule has 0 saturated heterocycles. The van der Waals surface area contributed by atoms with E-state index in [2.05, 4.69) is 15.3 Å². The average molecular weight is 400 g/mol. The van der Waals surface area contributed by atoms with Gasteiger partial charge in [-0.05, 0) is 19.9 Å². The summed E-state index contributed by atoms with van der Waals surface area (Å²) in [5, 5.41) is 3.63. The van der Waals surface area contributed by atoms with Gasteiger partial charge in [-0.15, -0.1) is 0 Å². The molecule has 4 aromatic rings. The number of hydrogen-bond acceptors (Lipinski definition) is 5. The predicted molar refractivity (Wildman–Crippen MR) is 107 cm³/mol. The van der Waals surface area contributed by atoms with Crippen LogP contribution < -0.4 is 11.1 Å². The lowest BCUT2D eigenvalue weighted by Crippen LogP contribution is -2.19. The van der Waals surface area contributed by atoms with Crippen LogP contribution in [0.3, 0.4) is 0 Å². The van der Waals surface area contributed by atoms with Crippen molar-refractivity contribution < 1.29 is 17.6 Å². The van der Waals surface area contributed by atoms with Crippen LogP contribution in [0.1, 0.15) is 17.0 Å². The number of anilines is 1. The summed E-state index contributed by atoms with van der Waals surface area (Å²) in [7, 11) is 0. The Hall–Kier alpha value is -3.13. The smallest absolute Gasteiger partial charge is 0.422 e. The number of hydrogen-bond donors (Lipinski definition) is 2. The van der Waals surface area contributed by atoms with Crippen molar-refractivity contribution in [2.24, 2.45) is 5.73 Å². The molecule has 0 unspecified atom stereocenters. The van der Waals surface area contributed by atoms with E-state index in [0.717, 1.165) is 0 Å². The first kappa shape index (κ1) is 19.2. The third kappa shape index (κ3) is 3.29. The number of benzene rings is 1. The molecule has 8 heteroatoms. The van der Waals surface area contributed by atoms with E-state index in [1.165, 1.54) is 0 Å². The van der Waals surface area contributed by atoms with Crippen molar-refractivity contribution >= 4 is 27.7 Å². The molecule has 0 aliphatic heterocycles. The summed E-state index contributed by atoms with van der Waals surface area (Å²) >= 11 is 0. The molecular weight excluding hydrogens is 381 g/mol.